The second-order valence-electron chi connectivity index (χ2n) is 4.46. The van der Waals surface area contributed by atoms with E-state index in [0.29, 0.717) is 5.69 Å². The van der Waals surface area contributed by atoms with Gasteiger partial charge >= 0.3 is 5.97 Å². The van der Waals surface area contributed by atoms with Crippen molar-refractivity contribution in [3.05, 3.63) is 30.0 Å². The molecule has 6 nitrogen and oxygen atoms in total. The van der Waals surface area contributed by atoms with E-state index in [1.165, 1.54) is 0 Å². The normalized spacial score (nSPS) is 14.2. The van der Waals surface area contributed by atoms with Gasteiger partial charge in [-0.2, -0.15) is 0 Å². The maximum Gasteiger partial charge on any atom is 0.309 e. The summed E-state index contributed by atoms with van der Waals surface area (Å²) in [5.41, 5.74) is 5.84. The molecule has 3 N–H and O–H groups in total. The number of carboxylic acids is 1. The molecule has 2 aromatic rings. The zero-order chi connectivity index (χ0) is 13.2. The lowest BCUT2D eigenvalue weighted by molar-refractivity contribution is -0.136. The number of aliphatic carboxylic acids is 1. The van der Waals surface area contributed by atoms with Crippen LogP contribution in [0.1, 0.15) is 5.69 Å². The number of nitrogens with one attached hydrogen (secondary N) is 2. The second-order valence-corrected chi connectivity index (χ2v) is 4.46. The van der Waals surface area contributed by atoms with Crippen LogP contribution >= 0.6 is 0 Å². The summed E-state index contributed by atoms with van der Waals surface area (Å²) in [6.07, 6.45) is 1.77. The fourth-order valence-electron chi connectivity index (χ4n) is 2.19. The van der Waals surface area contributed by atoms with Crippen molar-refractivity contribution in [3.63, 3.8) is 0 Å². The van der Waals surface area contributed by atoms with Gasteiger partial charge in [-0.3, -0.25) is 20.2 Å². The van der Waals surface area contributed by atoms with Gasteiger partial charge in [0.25, 0.3) is 0 Å². The summed E-state index contributed by atoms with van der Waals surface area (Å²) in [6, 6.07) is 7.70. The molecule has 2 heterocycles. The largest absolute Gasteiger partial charge is 0.481 e. The van der Waals surface area contributed by atoms with Gasteiger partial charge in [0.1, 0.15) is 6.34 Å². The van der Waals surface area contributed by atoms with E-state index in [2.05, 4.69) is 15.4 Å². The standard InChI is InChI=1S/C13H14N4O2/c18-13(19)7-9-6-10-11(15-9)2-1-3-12(10)16-17-5-4-14-8-17/h1-3,6,8,15-16H,4-5,7H2,(H,18,19). The van der Waals surface area contributed by atoms with Crippen molar-refractivity contribution in [1.29, 1.82) is 0 Å². The van der Waals surface area contributed by atoms with Crippen molar-refractivity contribution in [2.24, 2.45) is 4.99 Å². The first kappa shape index (κ1) is 11.6. The third-order valence-corrected chi connectivity index (χ3v) is 3.02. The van der Waals surface area contributed by atoms with Gasteiger partial charge in [0.15, 0.2) is 0 Å². The summed E-state index contributed by atoms with van der Waals surface area (Å²) < 4.78 is 0. The number of hydrazine groups is 1. The maximum absolute atomic E-state index is 10.7. The number of H-pyrrole nitrogens is 1. The van der Waals surface area contributed by atoms with E-state index in [1.807, 2.05) is 29.3 Å². The fraction of sp³-hybridized carbons (Fsp3) is 0.231. The number of carboxylic acid groups (broad SMARTS) is 1. The Balaban J connectivity index is 1.92. The maximum atomic E-state index is 10.7. The van der Waals surface area contributed by atoms with E-state index in [1.54, 1.807) is 6.34 Å². The summed E-state index contributed by atoms with van der Waals surface area (Å²) in [7, 11) is 0. The number of hydrogen-bond donors (Lipinski definition) is 3. The first-order valence-electron chi connectivity index (χ1n) is 6.08. The Kier molecular flexibility index (Phi) is 2.83. The van der Waals surface area contributed by atoms with Crippen molar-refractivity contribution in [3.8, 4) is 0 Å². The van der Waals surface area contributed by atoms with Gasteiger partial charge in [-0.05, 0) is 18.2 Å². The fourth-order valence-corrected chi connectivity index (χ4v) is 2.19. The Morgan fingerprint density at radius 2 is 2.42 bits per heavy atom. The lowest BCUT2D eigenvalue weighted by atomic mass is 10.2. The Labute approximate surface area is 109 Å². The van der Waals surface area contributed by atoms with Gasteiger partial charge in [-0.25, -0.2) is 0 Å². The number of rotatable bonds is 4. The molecule has 0 aliphatic carbocycles. The van der Waals surface area contributed by atoms with Gasteiger partial charge in [0, 0.05) is 16.6 Å². The molecule has 19 heavy (non-hydrogen) atoms. The van der Waals surface area contributed by atoms with Crippen LogP contribution < -0.4 is 5.43 Å². The quantitative estimate of drug-likeness (QED) is 0.775. The third kappa shape index (κ3) is 2.37. The molecule has 0 fully saturated rings. The van der Waals surface area contributed by atoms with E-state index in [-0.39, 0.29) is 6.42 Å². The van der Waals surface area contributed by atoms with Crippen molar-refractivity contribution >= 4 is 28.9 Å². The molecule has 0 saturated carbocycles. The highest BCUT2D eigenvalue weighted by atomic mass is 16.4. The topological polar surface area (TPSA) is 80.7 Å². The number of aliphatic imine (C=N–C) groups is 1. The molecule has 0 saturated heterocycles. The van der Waals surface area contributed by atoms with Gasteiger partial charge in [-0.15, -0.1) is 0 Å². The minimum absolute atomic E-state index is 0.000702. The number of benzene rings is 1. The van der Waals surface area contributed by atoms with Gasteiger partial charge < -0.3 is 10.1 Å². The van der Waals surface area contributed by atoms with Crippen LogP contribution in [0.3, 0.4) is 0 Å². The number of fused-ring (bicyclic) bond motifs is 1. The van der Waals surface area contributed by atoms with E-state index in [0.717, 1.165) is 29.7 Å². The molecule has 0 unspecified atom stereocenters. The monoisotopic (exact) mass is 258 g/mol. The lowest BCUT2D eigenvalue weighted by Crippen LogP contribution is -2.26. The van der Waals surface area contributed by atoms with Crippen LogP contribution in [-0.4, -0.2) is 40.5 Å². The summed E-state index contributed by atoms with van der Waals surface area (Å²) in [5, 5.41) is 11.7. The molecule has 1 aliphatic rings. The number of aromatic nitrogens is 1. The highest BCUT2D eigenvalue weighted by molar-refractivity contribution is 5.93. The lowest BCUT2D eigenvalue weighted by Gasteiger charge is -2.17. The van der Waals surface area contributed by atoms with Gasteiger partial charge in [-0.1, -0.05) is 6.07 Å². The zero-order valence-electron chi connectivity index (χ0n) is 10.3. The second kappa shape index (κ2) is 4.64. The number of carbonyl (C=O) groups is 1. The van der Waals surface area contributed by atoms with E-state index in [9.17, 15) is 4.79 Å². The van der Waals surface area contributed by atoms with Crippen LogP contribution in [0.2, 0.25) is 0 Å². The molecule has 1 aliphatic heterocycles. The molecule has 0 spiro atoms. The molecule has 98 valence electrons. The first-order chi connectivity index (χ1) is 9.22. The highest BCUT2D eigenvalue weighted by Crippen LogP contribution is 2.25. The Bertz CT molecular complexity index is 647. The Morgan fingerprint density at radius 1 is 1.53 bits per heavy atom. The van der Waals surface area contributed by atoms with Gasteiger partial charge in [0.2, 0.25) is 0 Å². The molecule has 1 aromatic heterocycles. The molecule has 0 bridgehead atoms. The summed E-state index contributed by atoms with van der Waals surface area (Å²) in [6.45, 7) is 1.63. The predicted molar refractivity (Wildman–Crippen MR) is 73.3 cm³/mol. The molecule has 1 aromatic carbocycles. The third-order valence-electron chi connectivity index (χ3n) is 3.02. The summed E-state index contributed by atoms with van der Waals surface area (Å²) in [4.78, 5) is 18.0. The number of hydrogen-bond acceptors (Lipinski definition) is 4. The van der Waals surface area contributed by atoms with Crippen LogP contribution in [0.15, 0.2) is 29.3 Å². The van der Waals surface area contributed by atoms with Crippen LogP contribution in [0.5, 0.6) is 0 Å². The van der Waals surface area contributed by atoms with E-state index < -0.39 is 5.97 Å². The predicted octanol–water partition coefficient (Wildman–Crippen LogP) is 1.47. The minimum atomic E-state index is -0.840. The molecule has 3 rings (SSSR count). The van der Waals surface area contributed by atoms with E-state index in [4.69, 9.17) is 5.11 Å². The SMILES string of the molecule is O=C(O)Cc1cc2c(NN3C=NCC3)cccc2[nH]1. The van der Waals surface area contributed by atoms with Crippen molar-refractivity contribution < 1.29 is 9.90 Å². The number of anilines is 1. The highest BCUT2D eigenvalue weighted by Gasteiger charge is 2.10. The van der Waals surface area contributed by atoms with Gasteiger partial charge in [0.05, 0.1) is 25.2 Å². The average Bonchev–Trinajstić information content (AvgIpc) is 2.97. The summed E-state index contributed by atoms with van der Waals surface area (Å²) in [5.74, 6) is -0.840. The van der Waals surface area contributed by atoms with Crippen molar-refractivity contribution in [1.82, 2.24) is 9.99 Å². The smallest absolute Gasteiger partial charge is 0.309 e. The summed E-state index contributed by atoms with van der Waals surface area (Å²) >= 11 is 0. The van der Waals surface area contributed by atoms with Crippen LogP contribution in [-0.2, 0) is 11.2 Å². The molecule has 6 heteroatoms. The van der Waals surface area contributed by atoms with Crippen LogP contribution in [0.4, 0.5) is 5.69 Å². The average molecular weight is 258 g/mol. The molecular weight excluding hydrogens is 244 g/mol. The first-order valence-corrected chi connectivity index (χ1v) is 6.08. The molecule has 0 amide bonds. The van der Waals surface area contributed by atoms with Crippen LogP contribution in [0, 0.1) is 0 Å². The van der Waals surface area contributed by atoms with E-state index >= 15 is 0 Å². The Morgan fingerprint density at radius 3 is 3.16 bits per heavy atom. The minimum Gasteiger partial charge on any atom is -0.481 e. The zero-order valence-corrected chi connectivity index (χ0v) is 10.3. The molecule has 0 radical (unpaired) electrons. The van der Waals surface area contributed by atoms with Crippen LogP contribution in [0.25, 0.3) is 10.9 Å². The number of nitrogens with zero attached hydrogens (tertiary/aromatic N) is 2. The molecular formula is C13H14N4O2. The number of aromatic amines is 1. The molecule has 0 atom stereocenters. The van der Waals surface area contributed by atoms with Crippen molar-refractivity contribution in [2.75, 3.05) is 18.5 Å². The Hall–Kier alpha value is -2.50. The van der Waals surface area contributed by atoms with Crippen molar-refractivity contribution in [2.45, 2.75) is 6.42 Å².